The van der Waals surface area contributed by atoms with Crippen molar-refractivity contribution in [1.29, 1.82) is 0 Å². The summed E-state index contributed by atoms with van der Waals surface area (Å²) in [6, 6.07) is 11.4. The maximum atomic E-state index is 14.7. The molecule has 1 aliphatic rings. The average Bonchev–Trinajstić information content (AvgIpc) is 2.80. The predicted molar refractivity (Wildman–Crippen MR) is 118 cm³/mol. The molecule has 1 unspecified atom stereocenters. The van der Waals surface area contributed by atoms with Gasteiger partial charge in [-0.3, -0.25) is 4.79 Å². The lowest BCUT2D eigenvalue weighted by molar-refractivity contribution is -0.122. The topological polar surface area (TPSA) is 64.6 Å². The molecule has 6 heteroatoms. The summed E-state index contributed by atoms with van der Waals surface area (Å²) in [6.45, 7) is 3.90. The van der Waals surface area contributed by atoms with Gasteiger partial charge in [-0.25, -0.2) is 9.18 Å². The van der Waals surface area contributed by atoms with Crippen molar-refractivity contribution in [1.82, 2.24) is 0 Å². The molecular formula is C25H30FNO4. The predicted octanol–water partition coefficient (Wildman–Crippen LogP) is 5.63. The summed E-state index contributed by atoms with van der Waals surface area (Å²) in [4.78, 5) is 25.8. The molecule has 166 valence electrons. The fourth-order valence-electron chi connectivity index (χ4n) is 4.15. The van der Waals surface area contributed by atoms with Gasteiger partial charge in [0.15, 0.2) is 0 Å². The Balaban J connectivity index is 1.93. The van der Waals surface area contributed by atoms with Crippen molar-refractivity contribution in [2.45, 2.75) is 63.9 Å². The third kappa shape index (κ3) is 4.89. The fourth-order valence-corrected chi connectivity index (χ4v) is 4.15. The number of carbonyl (C=O) groups is 2. The van der Waals surface area contributed by atoms with E-state index in [1.165, 1.54) is 13.2 Å². The van der Waals surface area contributed by atoms with Crippen molar-refractivity contribution in [3.8, 4) is 5.75 Å². The van der Waals surface area contributed by atoms with Crippen molar-refractivity contribution >= 4 is 17.6 Å². The lowest BCUT2D eigenvalue weighted by atomic mass is 9.68. The zero-order valence-corrected chi connectivity index (χ0v) is 18.4. The first kappa shape index (κ1) is 22.8. The van der Waals surface area contributed by atoms with Gasteiger partial charge in [0.1, 0.15) is 17.1 Å². The van der Waals surface area contributed by atoms with E-state index in [1.807, 2.05) is 13.8 Å². The highest BCUT2D eigenvalue weighted by Gasteiger charge is 2.43. The summed E-state index contributed by atoms with van der Waals surface area (Å²) in [5.41, 5.74) is 0.186. The first-order chi connectivity index (χ1) is 14.9. The Morgan fingerprint density at radius 1 is 1.13 bits per heavy atom. The van der Waals surface area contributed by atoms with E-state index in [4.69, 9.17) is 9.47 Å². The highest BCUT2D eigenvalue weighted by molar-refractivity contribution is 6.01. The van der Waals surface area contributed by atoms with Crippen LogP contribution in [-0.4, -0.2) is 25.1 Å². The number of methoxy groups -OCH3 is 1. The van der Waals surface area contributed by atoms with Crippen LogP contribution < -0.4 is 10.1 Å². The average molecular weight is 428 g/mol. The molecule has 0 saturated heterocycles. The number of esters is 1. The lowest BCUT2D eigenvalue weighted by Gasteiger charge is -2.36. The molecule has 0 aromatic heterocycles. The molecule has 2 aromatic carbocycles. The van der Waals surface area contributed by atoms with E-state index in [1.54, 1.807) is 36.4 Å². The Morgan fingerprint density at radius 2 is 1.84 bits per heavy atom. The zero-order valence-electron chi connectivity index (χ0n) is 18.4. The Hall–Kier alpha value is -2.89. The van der Waals surface area contributed by atoms with E-state index in [-0.39, 0.29) is 23.4 Å². The van der Waals surface area contributed by atoms with Crippen LogP contribution in [-0.2, 0) is 14.9 Å². The number of benzene rings is 2. The minimum absolute atomic E-state index is 0.0737. The van der Waals surface area contributed by atoms with E-state index in [9.17, 15) is 14.0 Å². The second-order valence-electron chi connectivity index (χ2n) is 8.12. The molecule has 0 bridgehead atoms. The first-order valence-corrected chi connectivity index (χ1v) is 10.9. The van der Waals surface area contributed by atoms with Crippen LogP contribution in [0.1, 0.15) is 68.3 Å². The van der Waals surface area contributed by atoms with Crippen molar-refractivity contribution in [3.63, 3.8) is 0 Å². The molecule has 31 heavy (non-hydrogen) atoms. The number of anilines is 1. The molecule has 1 N–H and O–H groups in total. The fraction of sp³-hybridized carbons (Fsp3) is 0.440. The number of rotatable bonds is 7. The third-order valence-electron chi connectivity index (χ3n) is 6.08. The number of hydrogen-bond acceptors (Lipinski definition) is 4. The molecule has 1 saturated carbocycles. The van der Waals surface area contributed by atoms with Crippen LogP contribution in [0.5, 0.6) is 5.75 Å². The van der Waals surface area contributed by atoms with Gasteiger partial charge < -0.3 is 14.8 Å². The van der Waals surface area contributed by atoms with Crippen molar-refractivity contribution < 1.29 is 23.5 Å². The first-order valence-electron chi connectivity index (χ1n) is 10.9. The normalized spacial score (nSPS) is 16.3. The SMILES string of the molecule is CCC(C)Oc1ccc(NC(=O)C2(c3ccccc3F)CCCCC2)cc1C(=O)OC. The largest absolute Gasteiger partial charge is 0.490 e. The van der Waals surface area contributed by atoms with Crippen molar-refractivity contribution in [3.05, 3.63) is 59.4 Å². The Labute approximate surface area is 182 Å². The lowest BCUT2D eigenvalue weighted by Crippen LogP contribution is -2.42. The maximum absolute atomic E-state index is 14.7. The molecule has 2 aromatic rings. The van der Waals surface area contributed by atoms with Gasteiger partial charge in [-0.05, 0) is 50.5 Å². The summed E-state index contributed by atoms with van der Waals surface area (Å²) in [7, 11) is 1.30. The quantitative estimate of drug-likeness (QED) is 0.582. The van der Waals surface area contributed by atoms with E-state index < -0.39 is 11.4 Å². The van der Waals surface area contributed by atoms with Gasteiger partial charge in [0.25, 0.3) is 0 Å². The van der Waals surface area contributed by atoms with Crippen LogP contribution in [0.15, 0.2) is 42.5 Å². The van der Waals surface area contributed by atoms with Crippen LogP contribution in [0.3, 0.4) is 0 Å². The molecular weight excluding hydrogens is 397 g/mol. The minimum atomic E-state index is -0.930. The molecule has 1 aliphatic carbocycles. The summed E-state index contributed by atoms with van der Waals surface area (Å²) >= 11 is 0. The number of hydrogen-bond donors (Lipinski definition) is 1. The van der Waals surface area contributed by atoms with Gasteiger partial charge >= 0.3 is 5.97 Å². The van der Waals surface area contributed by atoms with Gasteiger partial charge in [-0.1, -0.05) is 44.4 Å². The molecule has 0 heterocycles. The van der Waals surface area contributed by atoms with E-state index in [0.29, 0.717) is 29.8 Å². The van der Waals surface area contributed by atoms with E-state index in [2.05, 4.69) is 5.32 Å². The molecule has 3 rings (SSSR count). The Bertz CT molecular complexity index is 937. The number of ether oxygens (including phenoxy) is 2. The van der Waals surface area contributed by atoms with Crippen molar-refractivity contribution in [2.24, 2.45) is 0 Å². The number of amides is 1. The van der Waals surface area contributed by atoms with Crippen LogP contribution in [0, 0.1) is 5.82 Å². The van der Waals surface area contributed by atoms with Gasteiger partial charge in [0.2, 0.25) is 5.91 Å². The zero-order chi connectivity index (χ0) is 22.4. The third-order valence-corrected chi connectivity index (χ3v) is 6.08. The highest BCUT2D eigenvalue weighted by Crippen LogP contribution is 2.41. The Morgan fingerprint density at radius 3 is 2.48 bits per heavy atom. The van der Waals surface area contributed by atoms with Gasteiger partial charge in [0, 0.05) is 11.3 Å². The maximum Gasteiger partial charge on any atom is 0.341 e. The minimum Gasteiger partial charge on any atom is -0.490 e. The van der Waals surface area contributed by atoms with Crippen molar-refractivity contribution in [2.75, 3.05) is 12.4 Å². The van der Waals surface area contributed by atoms with Crippen LogP contribution >= 0.6 is 0 Å². The van der Waals surface area contributed by atoms with E-state index >= 15 is 0 Å². The molecule has 0 radical (unpaired) electrons. The second kappa shape index (κ2) is 9.94. The molecule has 1 fully saturated rings. The highest BCUT2D eigenvalue weighted by atomic mass is 19.1. The van der Waals surface area contributed by atoms with Crippen LogP contribution in [0.25, 0.3) is 0 Å². The standard InChI is InChI=1S/C25H30FNO4/c1-4-17(2)31-22-13-12-18(16-19(22)23(28)30-3)27-24(29)25(14-8-5-9-15-25)20-10-6-7-11-21(20)26/h6-7,10-13,16-17H,4-5,8-9,14-15H2,1-3H3,(H,27,29). The number of nitrogens with one attached hydrogen (secondary N) is 1. The van der Waals surface area contributed by atoms with Gasteiger partial charge in [-0.2, -0.15) is 0 Å². The summed E-state index contributed by atoms with van der Waals surface area (Å²) in [5.74, 6) is -0.771. The number of carbonyl (C=O) groups excluding carboxylic acids is 2. The molecule has 5 nitrogen and oxygen atoms in total. The number of halogens is 1. The monoisotopic (exact) mass is 427 g/mol. The smallest absolute Gasteiger partial charge is 0.341 e. The van der Waals surface area contributed by atoms with Crippen LogP contribution in [0.4, 0.5) is 10.1 Å². The molecule has 1 amide bonds. The summed E-state index contributed by atoms with van der Waals surface area (Å²) in [6.07, 6.45) is 4.61. The van der Waals surface area contributed by atoms with E-state index in [0.717, 1.165) is 25.7 Å². The Kier molecular flexibility index (Phi) is 7.31. The summed E-state index contributed by atoms with van der Waals surface area (Å²) < 4.78 is 25.4. The second-order valence-corrected chi connectivity index (χ2v) is 8.12. The molecule has 1 atom stereocenters. The van der Waals surface area contributed by atoms with Gasteiger partial charge in [0.05, 0.1) is 18.6 Å². The van der Waals surface area contributed by atoms with Crippen LogP contribution in [0.2, 0.25) is 0 Å². The summed E-state index contributed by atoms with van der Waals surface area (Å²) in [5, 5.41) is 2.92. The van der Waals surface area contributed by atoms with Gasteiger partial charge in [-0.15, -0.1) is 0 Å². The molecule has 0 aliphatic heterocycles. The molecule has 0 spiro atoms.